The molecule has 3 N–H and O–H groups in total. The molecule has 0 unspecified atom stereocenters. The molecule has 1 fully saturated rings. The summed E-state index contributed by atoms with van der Waals surface area (Å²) < 4.78 is 0. The van der Waals surface area contributed by atoms with Crippen molar-refractivity contribution in [2.24, 2.45) is 11.7 Å². The van der Waals surface area contributed by atoms with Gasteiger partial charge in [-0.3, -0.25) is 9.59 Å². The fourth-order valence-corrected chi connectivity index (χ4v) is 3.00. The maximum absolute atomic E-state index is 12.5. The van der Waals surface area contributed by atoms with E-state index in [2.05, 4.69) is 21.3 Å². The fourth-order valence-electron chi connectivity index (χ4n) is 3.00. The molecule has 1 saturated heterocycles. The van der Waals surface area contributed by atoms with E-state index in [1.54, 1.807) is 36.5 Å². The summed E-state index contributed by atoms with van der Waals surface area (Å²) in [7, 11) is 0. The minimum atomic E-state index is -0.524. The summed E-state index contributed by atoms with van der Waals surface area (Å²) in [5.74, 6) is 0.141. The van der Waals surface area contributed by atoms with Crippen molar-refractivity contribution >= 4 is 23.3 Å². The van der Waals surface area contributed by atoms with Gasteiger partial charge in [0.15, 0.2) is 0 Å². The van der Waals surface area contributed by atoms with Crippen LogP contribution < -0.4 is 16.0 Å². The van der Waals surface area contributed by atoms with Gasteiger partial charge in [0.25, 0.3) is 0 Å². The van der Waals surface area contributed by atoms with Crippen molar-refractivity contribution < 1.29 is 9.59 Å². The molecule has 1 aromatic carbocycles. The van der Waals surface area contributed by atoms with Crippen LogP contribution in [0.3, 0.4) is 0 Å². The molecule has 26 heavy (non-hydrogen) atoms. The van der Waals surface area contributed by atoms with Gasteiger partial charge in [-0.2, -0.15) is 5.26 Å². The number of nitrogens with two attached hydrogens (primary N) is 1. The second kappa shape index (κ2) is 7.66. The van der Waals surface area contributed by atoms with Gasteiger partial charge in [0.1, 0.15) is 11.9 Å². The zero-order valence-corrected chi connectivity index (χ0v) is 14.2. The summed E-state index contributed by atoms with van der Waals surface area (Å²) in [4.78, 5) is 30.1. The number of nitrogens with zero attached hydrogens (tertiary/aromatic N) is 3. The molecule has 0 atom stereocenters. The van der Waals surface area contributed by atoms with Gasteiger partial charge >= 0.3 is 0 Å². The van der Waals surface area contributed by atoms with E-state index in [0.717, 1.165) is 18.9 Å². The average Bonchev–Trinajstić information content (AvgIpc) is 2.68. The standard InChI is InChI=1S/C19H19N5O2/c20-11-13-4-5-17(22-12-13)24-8-6-14(7-9-24)19(26)23-16-3-1-2-15(10-16)18(21)25/h1-5,10,12,14H,6-9H2,(H2,21,25)(H,23,26). The first-order valence-electron chi connectivity index (χ1n) is 8.38. The van der Waals surface area contributed by atoms with Crippen molar-refractivity contribution in [3.05, 3.63) is 53.7 Å². The molecule has 1 aliphatic heterocycles. The summed E-state index contributed by atoms with van der Waals surface area (Å²) in [6, 6.07) is 12.2. The van der Waals surface area contributed by atoms with E-state index in [-0.39, 0.29) is 11.8 Å². The van der Waals surface area contributed by atoms with Crippen LogP contribution in [0.4, 0.5) is 11.5 Å². The molecule has 2 heterocycles. The highest BCUT2D eigenvalue weighted by Gasteiger charge is 2.25. The lowest BCUT2D eigenvalue weighted by Crippen LogP contribution is -2.38. The van der Waals surface area contributed by atoms with Crippen LogP contribution in [-0.4, -0.2) is 29.9 Å². The maximum atomic E-state index is 12.5. The van der Waals surface area contributed by atoms with E-state index < -0.39 is 5.91 Å². The number of benzene rings is 1. The molecule has 0 saturated carbocycles. The SMILES string of the molecule is N#Cc1ccc(N2CCC(C(=O)Nc3cccc(C(N)=O)c3)CC2)nc1. The van der Waals surface area contributed by atoms with E-state index in [1.165, 1.54) is 0 Å². The molecule has 1 aliphatic rings. The van der Waals surface area contributed by atoms with E-state index in [1.807, 2.05) is 6.07 Å². The molecule has 3 rings (SSSR count). The first-order chi connectivity index (χ1) is 12.6. The van der Waals surface area contributed by atoms with Gasteiger partial charge in [-0.15, -0.1) is 0 Å². The Morgan fingerprint density at radius 3 is 2.62 bits per heavy atom. The molecule has 2 amide bonds. The summed E-state index contributed by atoms with van der Waals surface area (Å²) >= 11 is 0. The van der Waals surface area contributed by atoms with Crippen molar-refractivity contribution in [2.75, 3.05) is 23.3 Å². The molecular formula is C19H19N5O2. The monoisotopic (exact) mass is 349 g/mol. The zero-order valence-electron chi connectivity index (χ0n) is 14.2. The number of pyridine rings is 1. The molecule has 7 heteroatoms. The number of hydrogen-bond donors (Lipinski definition) is 2. The third-order valence-corrected chi connectivity index (χ3v) is 4.48. The number of aromatic nitrogens is 1. The van der Waals surface area contributed by atoms with Crippen molar-refractivity contribution in [3.8, 4) is 6.07 Å². The van der Waals surface area contributed by atoms with Crippen LogP contribution in [0.25, 0.3) is 0 Å². The lowest BCUT2D eigenvalue weighted by molar-refractivity contribution is -0.120. The van der Waals surface area contributed by atoms with Gasteiger partial charge in [-0.25, -0.2) is 4.98 Å². The van der Waals surface area contributed by atoms with E-state index in [9.17, 15) is 9.59 Å². The Morgan fingerprint density at radius 1 is 1.23 bits per heavy atom. The van der Waals surface area contributed by atoms with Crippen LogP contribution >= 0.6 is 0 Å². The lowest BCUT2D eigenvalue weighted by atomic mass is 9.95. The van der Waals surface area contributed by atoms with Gasteiger partial charge in [-0.1, -0.05) is 6.07 Å². The number of primary amides is 1. The summed E-state index contributed by atoms with van der Waals surface area (Å²) in [6.45, 7) is 1.44. The van der Waals surface area contributed by atoms with Crippen molar-refractivity contribution in [3.63, 3.8) is 0 Å². The van der Waals surface area contributed by atoms with E-state index >= 15 is 0 Å². The Labute approximate surface area is 151 Å². The second-order valence-electron chi connectivity index (χ2n) is 6.21. The number of rotatable bonds is 4. The van der Waals surface area contributed by atoms with Crippen LogP contribution in [0.5, 0.6) is 0 Å². The van der Waals surface area contributed by atoms with Crippen molar-refractivity contribution in [2.45, 2.75) is 12.8 Å². The number of hydrogen-bond acceptors (Lipinski definition) is 5. The van der Waals surface area contributed by atoms with Crippen LogP contribution in [0.1, 0.15) is 28.8 Å². The highest BCUT2D eigenvalue weighted by molar-refractivity contribution is 5.97. The zero-order chi connectivity index (χ0) is 18.5. The minimum absolute atomic E-state index is 0.0564. The van der Waals surface area contributed by atoms with Crippen LogP contribution in [0, 0.1) is 17.2 Å². The van der Waals surface area contributed by atoms with Crippen LogP contribution in [-0.2, 0) is 4.79 Å². The molecular weight excluding hydrogens is 330 g/mol. The molecule has 0 radical (unpaired) electrons. The van der Waals surface area contributed by atoms with Crippen molar-refractivity contribution in [1.29, 1.82) is 5.26 Å². The molecule has 2 aromatic rings. The highest BCUT2D eigenvalue weighted by Crippen LogP contribution is 2.23. The molecule has 0 aliphatic carbocycles. The maximum Gasteiger partial charge on any atom is 0.248 e. The van der Waals surface area contributed by atoms with Gasteiger partial charge in [0.05, 0.1) is 5.56 Å². The second-order valence-corrected chi connectivity index (χ2v) is 6.21. The topological polar surface area (TPSA) is 112 Å². The number of carbonyl (C=O) groups is 2. The lowest BCUT2D eigenvalue weighted by Gasteiger charge is -2.32. The Morgan fingerprint density at radius 2 is 2.00 bits per heavy atom. The fraction of sp³-hybridized carbons (Fsp3) is 0.263. The molecule has 0 spiro atoms. The number of anilines is 2. The number of nitriles is 1. The Balaban J connectivity index is 1.57. The Kier molecular flexibility index (Phi) is 5.13. The first kappa shape index (κ1) is 17.4. The predicted molar refractivity (Wildman–Crippen MR) is 97.5 cm³/mol. The first-order valence-corrected chi connectivity index (χ1v) is 8.38. The summed E-state index contributed by atoms with van der Waals surface area (Å²) in [5.41, 5.74) is 6.73. The molecule has 1 aromatic heterocycles. The summed E-state index contributed by atoms with van der Waals surface area (Å²) in [5, 5.41) is 11.7. The predicted octanol–water partition coefficient (Wildman–Crippen LogP) is 1.91. The summed E-state index contributed by atoms with van der Waals surface area (Å²) in [6.07, 6.45) is 2.98. The minimum Gasteiger partial charge on any atom is -0.366 e. The van der Waals surface area contributed by atoms with Gasteiger partial charge < -0.3 is 16.0 Å². The quantitative estimate of drug-likeness (QED) is 0.875. The van der Waals surface area contributed by atoms with Gasteiger partial charge in [-0.05, 0) is 43.2 Å². The normalized spacial score (nSPS) is 14.5. The van der Waals surface area contributed by atoms with Crippen LogP contribution in [0.15, 0.2) is 42.6 Å². The Hall–Kier alpha value is -3.40. The largest absolute Gasteiger partial charge is 0.366 e. The molecule has 0 bridgehead atoms. The Bertz CT molecular complexity index is 849. The smallest absolute Gasteiger partial charge is 0.248 e. The molecule has 132 valence electrons. The third kappa shape index (κ3) is 3.98. The average molecular weight is 349 g/mol. The van der Waals surface area contributed by atoms with Gasteiger partial charge in [0.2, 0.25) is 11.8 Å². The van der Waals surface area contributed by atoms with E-state index in [4.69, 9.17) is 11.0 Å². The number of nitrogens with one attached hydrogen (secondary N) is 1. The highest BCUT2D eigenvalue weighted by atomic mass is 16.2. The third-order valence-electron chi connectivity index (χ3n) is 4.48. The van der Waals surface area contributed by atoms with Gasteiger partial charge in [0, 0.05) is 36.5 Å². The number of amides is 2. The van der Waals surface area contributed by atoms with Crippen LogP contribution in [0.2, 0.25) is 0 Å². The van der Waals surface area contributed by atoms with E-state index in [0.29, 0.717) is 29.7 Å². The number of piperidine rings is 1. The number of carbonyl (C=O) groups excluding carboxylic acids is 2. The molecule has 7 nitrogen and oxygen atoms in total. The van der Waals surface area contributed by atoms with Crippen molar-refractivity contribution in [1.82, 2.24) is 4.98 Å².